The number of rotatable bonds is 7. The van der Waals surface area contributed by atoms with E-state index in [4.69, 9.17) is 4.74 Å². The molecule has 1 N–H and O–H groups in total. The maximum atomic E-state index is 12.6. The zero-order valence-corrected chi connectivity index (χ0v) is 15.8. The van der Waals surface area contributed by atoms with Crippen LogP contribution in [0.3, 0.4) is 0 Å². The van der Waals surface area contributed by atoms with Crippen LogP contribution in [0, 0.1) is 0 Å². The van der Waals surface area contributed by atoms with Crippen molar-refractivity contribution in [3.8, 4) is 0 Å². The summed E-state index contributed by atoms with van der Waals surface area (Å²) in [5, 5.41) is 3.24. The van der Waals surface area contributed by atoms with Crippen molar-refractivity contribution in [1.29, 1.82) is 0 Å². The molecule has 0 bridgehead atoms. The Morgan fingerprint density at radius 3 is 2.46 bits per heavy atom. The van der Waals surface area contributed by atoms with E-state index in [1.807, 2.05) is 24.3 Å². The van der Waals surface area contributed by atoms with Crippen LogP contribution in [0.4, 0.5) is 5.82 Å². The number of hydrogen-bond acceptors (Lipinski definition) is 5. The first-order valence-electron chi connectivity index (χ1n) is 8.87. The number of nitrogens with one attached hydrogen (secondary N) is 1. The summed E-state index contributed by atoms with van der Waals surface area (Å²) in [6, 6.07) is 11.4. The van der Waals surface area contributed by atoms with E-state index in [-0.39, 0.29) is 4.90 Å². The van der Waals surface area contributed by atoms with Crippen molar-refractivity contribution in [3.05, 3.63) is 53.7 Å². The fraction of sp³-hybridized carbons (Fsp3) is 0.421. The van der Waals surface area contributed by atoms with Crippen LogP contribution in [-0.2, 0) is 27.9 Å². The van der Waals surface area contributed by atoms with Crippen molar-refractivity contribution in [2.24, 2.45) is 0 Å². The molecule has 7 heteroatoms. The normalized spacial score (nSPS) is 15.7. The number of nitrogens with zero attached hydrogens (tertiary/aromatic N) is 2. The first kappa shape index (κ1) is 18.8. The number of pyridine rings is 1. The SMILES string of the molecule is COCc1ccccc1CNc1ccc(S(=O)(=O)N2CCCCC2)cn1. The smallest absolute Gasteiger partial charge is 0.244 e. The van der Waals surface area contributed by atoms with Gasteiger partial charge in [0, 0.05) is 32.9 Å². The summed E-state index contributed by atoms with van der Waals surface area (Å²) in [6.45, 7) is 2.35. The molecule has 1 aliphatic heterocycles. The second kappa shape index (κ2) is 8.62. The maximum Gasteiger partial charge on any atom is 0.244 e. The van der Waals surface area contributed by atoms with E-state index in [1.54, 1.807) is 23.5 Å². The molecule has 140 valence electrons. The summed E-state index contributed by atoms with van der Waals surface area (Å²) in [5.41, 5.74) is 2.24. The van der Waals surface area contributed by atoms with Crippen LogP contribution in [0.1, 0.15) is 30.4 Å². The molecule has 0 atom stereocenters. The van der Waals surface area contributed by atoms with Gasteiger partial charge in [0.2, 0.25) is 10.0 Å². The molecular weight excluding hydrogens is 350 g/mol. The van der Waals surface area contributed by atoms with Gasteiger partial charge in [-0.25, -0.2) is 13.4 Å². The summed E-state index contributed by atoms with van der Waals surface area (Å²) in [5.74, 6) is 0.648. The van der Waals surface area contributed by atoms with Crippen molar-refractivity contribution in [2.45, 2.75) is 37.3 Å². The zero-order valence-electron chi connectivity index (χ0n) is 15.0. The highest BCUT2D eigenvalue weighted by molar-refractivity contribution is 7.89. The van der Waals surface area contributed by atoms with Crippen molar-refractivity contribution in [2.75, 3.05) is 25.5 Å². The van der Waals surface area contributed by atoms with Crippen LogP contribution in [0.25, 0.3) is 0 Å². The molecule has 1 aliphatic rings. The third kappa shape index (κ3) is 4.41. The molecule has 26 heavy (non-hydrogen) atoms. The van der Waals surface area contributed by atoms with Gasteiger partial charge in [-0.2, -0.15) is 4.31 Å². The van der Waals surface area contributed by atoms with Gasteiger partial charge in [-0.1, -0.05) is 30.7 Å². The Hall–Kier alpha value is -1.96. The van der Waals surface area contributed by atoms with Gasteiger partial charge in [0.05, 0.1) is 6.61 Å². The maximum absolute atomic E-state index is 12.6. The first-order chi connectivity index (χ1) is 12.6. The lowest BCUT2D eigenvalue weighted by atomic mass is 10.1. The summed E-state index contributed by atoms with van der Waals surface area (Å²) >= 11 is 0. The monoisotopic (exact) mass is 375 g/mol. The third-order valence-corrected chi connectivity index (χ3v) is 6.45. The van der Waals surface area contributed by atoms with E-state index in [0.717, 1.165) is 30.4 Å². The van der Waals surface area contributed by atoms with E-state index < -0.39 is 10.0 Å². The lowest BCUT2D eigenvalue weighted by Gasteiger charge is -2.25. The minimum atomic E-state index is -3.43. The highest BCUT2D eigenvalue weighted by Crippen LogP contribution is 2.21. The lowest BCUT2D eigenvalue weighted by molar-refractivity contribution is 0.184. The molecule has 0 aliphatic carbocycles. The van der Waals surface area contributed by atoms with Gasteiger partial charge < -0.3 is 10.1 Å². The molecule has 0 spiro atoms. The number of methoxy groups -OCH3 is 1. The van der Waals surface area contributed by atoms with E-state index in [2.05, 4.69) is 10.3 Å². The Kier molecular flexibility index (Phi) is 6.24. The van der Waals surface area contributed by atoms with E-state index in [0.29, 0.717) is 32.1 Å². The quantitative estimate of drug-likeness (QED) is 0.805. The number of piperidine rings is 1. The third-order valence-electron chi connectivity index (χ3n) is 4.57. The number of benzene rings is 1. The van der Waals surface area contributed by atoms with Crippen LogP contribution in [0.5, 0.6) is 0 Å². The number of anilines is 1. The predicted octanol–water partition coefficient (Wildman–Crippen LogP) is 3.01. The van der Waals surface area contributed by atoms with Gasteiger partial charge >= 0.3 is 0 Å². The van der Waals surface area contributed by atoms with Crippen molar-refractivity contribution >= 4 is 15.8 Å². The standard InChI is InChI=1S/C19H25N3O3S/c1-25-15-17-8-4-3-7-16(17)13-20-19-10-9-18(14-21-19)26(23,24)22-11-5-2-6-12-22/h3-4,7-10,14H,2,5-6,11-13,15H2,1H3,(H,20,21). The van der Waals surface area contributed by atoms with Crippen molar-refractivity contribution in [1.82, 2.24) is 9.29 Å². The van der Waals surface area contributed by atoms with Gasteiger partial charge in [0.25, 0.3) is 0 Å². The van der Waals surface area contributed by atoms with Crippen LogP contribution in [0.15, 0.2) is 47.5 Å². The Bertz CT molecular complexity index is 816. The lowest BCUT2D eigenvalue weighted by Crippen LogP contribution is -2.35. The number of ether oxygens (including phenoxy) is 1. The minimum absolute atomic E-state index is 0.254. The Morgan fingerprint density at radius 2 is 1.81 bits per heavy atom. The Labute approximate surface area is 155 Å². The first-order valence-corrected chi connectivity index (χ1v) is 10.3. The van der Waals surface area contributed by atoms with Gasteiger partial charge in [0.1, 0.15) is 10.7 Å². The van der Waals surface area contributed by atoms with Gasteiger partial charge in [-0.3, -0.25) is 0 Å². The number of aromatic nitrogens is 1. The van der Waals surface area contributed by atoms with E-state index >= 15 is 0 Å². The molecule has 1 aromatic carbocycles. The van der Waals surface area contributed by atoms with Crippen LogP contribution < -0.4 is 5.32 Å². The molecule has 3 rings (SSSR count). The second-order valence-electron chi connectivity index (χ2n) is 6.40. The van der Waals surface area contributed by atoms with E-state index in [1.165, 1.54) is 6.20 Å². The zero-order chi connectivity index (χ0) is 18.4. The molecule has 2 heterocycles. The van der Waals surface area contributed by atoms with Gasteiger partial charge in [-0.05, 0) is 36.1 Å². The Balaban J connectivity index is 1.66. The summed E-state index contributed by atoms with van der Waals surface area (Å²) < 4.78 is 32.1. The molecule has 6 nitrogen and oxygen atoms in total. The topological polar surface area (TPSA) is 71.5 Å². The van der Waals surface area contributed by atoms with Crippen LogP contribution in [0.2, 0.25) is 0 Å². The molecular formula is C19H25N3O3S. The van der Waals surface area contributed by atoms with Gasteiger partial charge in [0.15, 0.2) is 0 Å². The van der Waals surface area contributed by atoms with Crippen LogP contribution >= 0.6 is 0 Å². The van der Waals surface area contributed by atoms with Crippen molar-refractivity contribution < 1.29 is 13.2 Å². The highest BCUT2D eigenvalue weighted by Gasteiger charge is 2.26. The average molecular weight is 375 g/mol. The largest absolute Gasteiger partial charge is 0.380 e. The van der Waals surface area contributed by atoms with Gasteiger partial charge in [-0.15, -0.1) is 0 Å². The van der Waals surface area contributed by atoms with Crippen LogP contribution in [-0.4, -0.2) is 37.9 Å². The second-order valence-corrected chi connectivity index (χ2v) is 8.34. The minimum Gasteiger partial charge on any atom is -0.380 e. The fourth-order valence-electron chi connectivity index (χ4n) is 3.10. The molecule has 0 radical (unpaired) electrons. The fourth-order valence-corrected chi connectivity index (χ4v) is 4.57. The summed E-state index contributed by atoms with van der Waals surface area (Å²) in [6.07, 6.45) is 4.38. The molecule has 0 unspecified atom stereocenters. The molecule has 1 fully saturated rings. The number of hydrogen-bond donors (Lipinski definition) is 1. The molecule has 0 saturated carbocycles. The molecule has 0 amide bonds. The number of sulfonamides is 1. The average Bonchev–Trinajstić information content (AvgIpc) is 2.68. The summed E-state index contributed by atoms with van der Waals surface area (Å²) in [7, 11) is -1.76. The molecule has 2 aromatic rings. The highest BCUT2D eigenvalue weighted by atomic mass is 32.2. The molecule has 1 aromatic heterocycles. The summed E-state index contributed by atoms with van der Waals surface area (Å²) in [4.78, 5) is 4.54. The van der Waals surface area contributed by atoms with E-state index in [9.17, 15) is 8.42 Å². The Morgan fingerprint density at radius 1 is 1.08 bits per heavy atom. The predicted molar refractivity (Wildman–Crippen MR) is 101 cm³/mol. The molecule has 1 saturated heterocycles. The van der Waals surface area contributed by atoms with Crippen molar-refractivity contribution in [3.63, 3.8) is 0 Å².